The lowest BCUT2D eigenvalue weighted by atomic mass is 9.85. The van der Waals surface area contributed by atoms with Crippen LogP contribution in [0.2, 0.25) is 0 Å². The van der Waals surface area contributed by atoms with Crippen LogP contribution in [0.1, 0.15) is 51.9 Å². The van der Waals surface area contributed by atoms with Crippen molar-refractivity contribution < 1.29 is 9.59 Å². The largest absolute Gasteiger partial charge is 0.341 e. The van der Waals surface area contributed by atoms with Crippen molar-refractivity contribution in [2.24, 2.45) is 5.92 Å². The minimum Gasteiger partial charge on any atom is -0.341 e. The molecule has 1 unspecified atom stereocenters. The third-order valence-electron chi connectivity index (χ3n) is 5.79. The maximum Gasteiger partial charge on any atom is 0.317 e. The van der Waals surface area contributed by atoms with Crippen LogP contribution in [0.3, 0.4) is 0 Å². The van der Waals surface area contributed by atoms with Crippen LogP contribution >= 0.6 is 11.8 Å². The molecular formula is C18H31N3O2S. The van der Waals surface area contributed by atoms with Crippen LogP contribution in [0.15, 0.2) is 0 Å². The molecule has 2 heterocycles. The smallest absolute Gasteiger partial charge is 0.317 e. The molecule has 5 nitrogen and oxygen atoms in total. The van der Waals surface area contributed by atoms with Gasteiger partial charge in [-0.15, -0.1) is 0 Å². The predicted octanol–water partition coefficient (Wildman–Crippen LogP) is 2.70. The molecule has 3 rings (SSSR count). The number of carbonyl (C=O) groups is 2. The van der Waals surface area contributed by atoms with E-state index in [1.807, 2.05) is 16.7 Å². The standard InChI is InChI=1S/C18H31N3O2S/c1-14-4-2-3-9-21(14)18(23)19-16-7-5-15(6-8-16)17(22)20-10-12-24-13-11-20/h14-16H,2-13H2,1H3,(H,19,23). The maximum atomic E-state index is 12.6. The second-order valence-corrected chi connectivity index (χ2v) is 8.70. The van der Waals surface area contributed by atoms with E-state index in [1.54, 1.807) is 0 Å². The number of amides is 3. The summed E-state index contributed by atoms with van der Waals surface area (Å²) in [6.07, 6.45) is 7.18. The maximum absolute atomic E-state index is 12.6. The Morgan fingerprint density at radius 2 is 1.67 bits per heavy atom. The number of hydrogen-bond acceptors (Lipinski definition) is 3. The molecule has 0 aromatic heterocycles. The average molecular weight is 354 g/mol. The Hall–Kier alpha value is -0.910. The highest BCUT2D eigenvalue weighted by Gasteiger charge is 2.32. The summed E-state index contributed by atoms with van der Waals surface area (Å²) in [5.74, 6) is 2.68. The number of nitrogens with one attached hydrogen (secondary N) is 1. The van der Waals surface area contributed by atoms with Crippen LogP contribution in [-0.4, -0.2) is 65.0 Å². The van der Waals surface area contributed by atoms with Crippen molar-refractivity contribution in [2.75, 3.05) is 31.1 Å². The highest BCUT2D eigenvalue weighted by atomic mass is 32.2. The molecule has 24 heavy (non-hydrogen) atoms. The van der Waals surface area contributed by atoms with Gasteiger partial charge in [-0.25, -0.2) is 4.79 Å². The van der Waals surface area contributed by atoms with Gasteiger partial charge in [0.1, 0.15) is 0 Å². The van der Waals surface area contributed by atoms with Crippen LogP contribution in [0.4, 0.5) is 4.79 Å². The van der Waals surface area contributed by atoms with Gasteiger partial charge in [0.2, 0.25) is 5.91 Å². The first-order valence-electron chi connectivity index (χ1n) is 9.59. The van der Waals surface area contributed by atoms with E-state index in [-0.39, 0.29) is 18.0 Å². The molecule has 1 saturated carbocycles. The summed E-state index contributed by atoms with van der Waals surface area (Å²) in [4.78, 5) is 29.1. The molecule has 1 atom stereocenters. The fourth-order valence-electron chi connectivity index (χ4n) is 4.18. The van der Waals surface area contributed by atoms with Crippen LogP contribution in [0, 0.1) is 5.92 Å². The van der Waals surface area contributed by atoms with E-state index in [0.29, 0.717) is 11.9 Å². The van der Waals surface area contributed by atoms with Crippen molar-refractivity contribution >= 4 is 23.7 Å². The van der Waals surface area contributed by atoms with Crippen LogP contribution in [0.25, 0.3) is 0 Å². The normalized spacial score (nSPS) is 31.6. The van der Waals surface area contributed by atoms with Gasteiger partial charge in [0, 0.05) is 49.1 Å². The Kier molecular flexibility index (Phi) is 6.31. The summed E-state index contributed by atoms with van der Waals surface area (Å²) in [6, 6.07) is 0.700. The molecule has 136 valence electrons. The number of rotatable bonds is 2. The van der Waals surface area contributed by atoms with Gasteiger partial charge in [0.15, 0.2) is 0 Å². The number of piperidine rings is 1. The fraction of sp³-hybridized carbons (Fsp3) is 0.889. The number of likely N-dealkylation sites (tertiary alicyclic amines) is 1. The summed E-state index contributed by atoms with van der Waals surface area (Å²) in [6.45, 7) is 4.85. The topological polar surface area (TPSA) is 52.7 Å². The van der Waals surface area contributed by atoms with Crippen LogP contribution < -0.4 is 5.32 Å². The second kappa shape index (κ2) is 8.45. The lowest BCUT2D eigenvalue weighted by molar-refractivity contribution is -0.136. The minimum absolute atomic E-state index is 0.102. The fourth-order valence-corrected chi connectivity index (χ4v) is 5.09. The first-order chi connectivity index (χ1) is 11.6. The molecule has 0 radical (unpaired) electrons. The van der Waals surface area contributed by atoms with Gasteiger partial charge in [-0.05, 0) is 51.9 Å². The summed E-state index contributed by atoms with van der Waals surface area (Å²) in [5, 5.41) is 3.22. The van der Waals surface area contributed by atoms with Crippen molar-refractivity contribution in [2.45, 2.75) is 64.0 Å². The Morgan fingerprint density at radius 1 is 0.958 bits per heavy atom. The summed E-state index contributed by atoms with van der Waals surface area (Å²) in [7, 11) is 0. The SMILES string of the molecule is CC1CCCCN1C(=O)NC1CCC(C(=O)N2CCSCC2)CC1. The van der Waals surface area contributed by atoms with Crippen molar-refractivity contribution in [3.8, 4) is 0 Å². The van der Waals surface area contributed by atoms with E-state index in [1.165, 1.54) is 6.42 Å². The lowest BCUT2D eigenvalue weighted by Crippen LogP contribution is -2.51. The van der Waals surface area contributed by atoms with Gasteiger partial charge < -0.3 is 15.1 Å². The van der Waals surface area contributed by atoms with Gasteiger partial charge in [-0.1, -0.05) is 0 Å². The summed E-state index contributed by atoms with van der Waals surface area (Å²) in [5.41, 5.74) is 0. The average Bonchev–Trinajstić information content (AvgIpc) is 2.63. The van der Waals surface area contributed by atoms with Gasteiger partial charge in [-0.3, -0.25) is 4.79 Å². The van der Waals surface area contributed by atoms with Crippen molar-refractivity contribution in [3.63, 3.8) is 0 Å². The summed E-state index contributed by atoms with van der Waals surface area (Å²) >= 11 is 1.94. The van der Waals surface area contributed by atoms with Gasteiger partial charge in [-0.2, -0.15) is 11.8 Å². The number of urea groups is 1. The zero-order valence-electron chi connectivity index (χ0n) is 14.8. The molecule has 0 spiro atoms. The Balaban J connectivity index is 1.43. The predicted molar refractivity (Wildman–Crippen MR) is 98.2 cm³/mol. The first-order valence-corrected chi connectivity index (χ1v) is 10.7. The van der Waals surface area contributed by atoms with Crippen molar-refractivity contribution in [3.05, 3.63) is 0 Å². The van der Waals surface area contributed by atoms with E-state index in [9.17, 15) is 9.59 Å². The second-order valence-electron chi connectivity index (χ2n) is 7.47. The molecule has 1 N–H and O–H groups in total. The summed E-state index contributed by atoms with van der Waals surface area (Å²) < 4.78 is 0. The van der Waals surface area contributed by atoms with Gasteiger partial charge >= 0.3 is 6.03 Å². The minimum atomic E-state index is 0.102. The third kappa shape index (κ3) is 4.38. The third-order valence-corrected chi connectivity index (χ3v) is 6.73. The molecule has 6 heteroatoms. The highest BCUT2D eigenvalue weighted by molar-refractivity contribution is 7.99. The highest BCUT2D eigenvalue weighted by Crippen LogP contribution is 2.27. The Labute approximate surface area is 149 Å². The van der Waals surface area contributed by atoms with E-state index >= 15 is 0 Å². The molecule has 3 amide bonds. The van der Waals surface area contributed by atoms with Gasteiger partial charge in [0.05, 0.1) is 0 Å². The molecule has 0 bridgehead atoms. The number of hydrogen-bond donors (Lipinski definition) is 1. The number of thioether (sulfide) groups is 1. The molecule has 3 aliphatic rings. The molecule has 0 aromatic rings. The van der Waals surface area contributed by atoms with Crippen molar-refractivity contribution in [1.29, 1.82) is 0 Å². The molecule has 0 aromatic carbocycles. The molecular weight excluding hydrogens is 322 g/mol. The molecule has 2 aliphatic heterocycles. The zero-order chi connectivity index (χ0) is 16.9. The van der Waals surface area contributed by atoms with E-state index in [4.69, 9.17) is 0 Å². The quantitative estimate of drug-likeness (QED) is 0.830. The number of nitrogens with zero attached hydrogens (tertiary/aromatic N) is 2. The number of carbonyl (C=O) groups excluding carboxylic acids is 2. The van der Waals surface area contributed by atoms with Crippen LogP contribution in [-0.2, 0) is 4.79 Å². The molecule has 2 saturated heterocycles. The van der Waals surface area contributed by atoms with E-state index < -0.39 is 0 Å². The first kappa shape index (κ1) is 17.9. The van der Waals surface area contributed by atoms with E-state index in [0.717, 1.165) is 69.7 Å². The van der Waals surface area contributed by atoms with Gasteiger partial charge in [0.25, 0.3) is 0 Å². The van der Waals surface area contributed by atoms with Crippen molar-refractivity contribution in [1.82, 2.24) is 15.1 Å². The Morgan fingerprint density at radius 3 is 2.33 bits per heavy atom. The zero-order valence-corrected chi connectivity index (χ0v) is 15.7. The Bertz CT molecular complexity index is 446. The van der Waals surface area contributed by atoms with E-state index in [2.05, 4.69) is 17.1 Å². The molecule has 3 fully saturated rings. The monoisotopic (exact) mass is 353 g/mol. The lowest BCUT2D eigenvalue weighted by Gasteiger charge is -2.37. The molecule has 1 aliphatic carbocycles. The van der Waals surface area contributed by atoms with Crippen LogP contribution in [0.5, 0.6) is 0 Å².